The van der Waals surface area contributed by atoms with E-state index in [4.69, 9.17) is 0 Å². The van der Waals surface area contributed by atoms with Gasteiger partial charge in [0.25, 0.3) is 0 Å². The van der Waals surface area contributed by atoms with Gasteiger partial charge in [-0.25, -0.2) is 13.4 Å². The standard InChI is InChI=1S/C18H20N4O3S/c1-21(26(24,25)14-8-4-3-5-9-14)13-18(23)19-12-17-20-15-10-6-7-11-16(15)22(17)2/h3-11H,12-13H2,1-2H3,(H,19,23). The van der Waals surface area contributed by atoms with E-state index in [1.165, 1.54) is 19.2 Å². The molecule has 0 aliphatic carbocycles. The summed E-state index contributed by atoms with van der Waals surface area (Å²) in [7, 11) is -0.430. The van der Waals surface area contributed by atoms with Crippen LogP contribution in [-0.4, -0.2) is 41.8 Å². The Morgan fingerprint density at radius 3 is 2.46 bits per heavy atom. The molecule has 3 rings (SSSR count). The van der Waals surface area contributed by atoms with Crippen molar-refractivity contribution in [3.63, 3.8) is 0 Å². The van der Waals surface area contributed by atoms with Gasteiger partial charge in [-0.2, -0.15) is 4.31 Å². The average molecular weight is 372 g/mol. The molecule has 8 heteroatoms. The molecule has 1 aromatic heterocycles. The number of hydrogen-bond donors (Lipinski definition) is 1. The summed E-state index contributed by atoms with van der Waals surface area (Å²) in [6, 6.07) is 15.7. The van der Waals surface area contributed by atoms with Gasteiger partial charge in [-0.15, -0.1) is 0 Å². The van der Waals surface area contributed by atoms with Crippen LogP contribution >= 0.6 is 0 Å². The fraction of sp³-hybridized carbons (Fsp3) is 0.222. The van der Waals surface area contributed by atoms with Crippen molar-refractivity contribution in [1.82, 2.24) is 19.2 Å². The van der Waals surface area contributed by atoms with Crippen molar-refractivity contribution in [1.29, 1.82) is 0 Å². The van der Waals surface area contributed by atoms with E-state index in [9.17, 15) is 13.2 Å². The molecule has 0 unspecified atom stereocenters. The lowest BCUT2D eigenvalue weighted by Gasteiger charge is -2.16. The molecule has 7 nitrogen and oxygen atoms in total. The van der Waals surface area contributed by atoms with Crippen LogP contribution in [0, 0.1) is 0 Å². The number of sulfonamides is 1. The lowest BCUT2D eigenvalue weighted by atomic mass is 10.3. The van der Waals surface area contributed by atoms with Gasteiger partial charge in [-0.1, -0.05) is 30.3 Å². The van der Waals surface area contributed by atoms with Gasteiger partial charge in [0, 0.05) is 14.1 Å². The molecular formula is C18H20N4O3S. The van der Waals surface area contributed by atoms with Crippen LogP contribution < -0.4 is 5.32 Å². The first-order chi connectivity index (χ1) is 12.4. The zero-order chi connectivity index (χ0) is 18.7. The molecule has 136 valence electrons. The summed E-state index contributed by atoms with van der Waals surface area (Å²) in [5.41, 5.74) is 1.82. The van der Waals surface area contributed by atoms with Crippen molar-refractivity contribution >= 4 is 27.0 Å². The van der Waals surface area contributed by atoms with Crippen molar-refractivity contribution in [2.24, 2.45) is 7.05 Å². The first kappa shape index (κ1) is 18.1. The zero-order valence-electron chi connectivity index (χ0n) is 14.6. The van der Waals surface area contributed by atoms with Gasteiger partial charge >= 0.3 is 0 Å². The normalized spacial score (nSPS) is 11.8. The van der Waals surface area contributed by atoms with Crippen molar-refractivity contribution in [3.05, 3.63) is 60.4 Å². The Kier molecular flexibility index (Phi) is 5.06. The molecule has 0 aliphatic heterocycles. The first-order valence-electron chi connectivity index (χ1n) is 8.08. The van der Waals surface area contributed by atoms with Crippen LogP contribution in [0.25, 0.3) is 11.0 Å². The predicted molar refractivity (Wildman–Crippen MR) is 98.8 cm³/mol. The zero-order valence-corrected chi connectivity index (χ0v) is 15.4. The Labute approximate surface area is 152 Å². The highest BCUT2D eigenvalue weighted by Gasteiger charge is 2.22. The maximum absolute atomic E-state index is 12.4. The summed E-state index contributed by atoms with van der Waals surface area (Å²) in [5, 5.41) is 2.73. The summed E-state index contributed by atoms with van der Waals surface area (Å²) in [6.07, 6.45) is 0. The molecule has 26 heavy (non-hydrogen) atoms. The number of hydrogen-bond acceptors (Lipinski definition) is 4. The molecule has 0 spiro atoms. The largest absolute Gasteiger partial charge is 0.348 e. The van der Waals surface area contributed by atoms with E-state index >= 15 is 0 Å². The molecule has 1 heterocycles. The van der Waals surface area contributed by atoms with Crippen LogP contribution in [0.15, 0.2) is 59.5 Å². The van der Waals surface area contributed by atoms with Crippen molar-refractivity contribution in [3.8, 4) is 0 Å². The highest BCUT2D eigenvalue weighted by atomic mass is 32.2. The fourth-order valence-corrected chi connectivity index (χ4v) is 3.79. The smallest absolute Gasteiger partial charge is 0.243 e. The summed E-state index contributed by atoms with van der Waals surface area (Å²) >= 11 is 0. The number of imidazole rings is 1. The number of amides is 1. The van der Waals surface area contributed by atoms with Crippen LogP contribution in [0.4, 0.5) is 0 Å². The van der Waals surface area contributed by atoms with Gasteiger partial charge in [0.2, 0.25) is 15.9 Å². The van der Waals surface area contributed by atoms with Crippen LogP contribution in [0.1, 0.15) is 5.82 Å². The summed E-state index contributed by atoms with van der Waals surface area (Å²) in [4.78, 5) is 16.8. The number of nitrogens with one attached hydrogen (secondary N) is 1. The van der Waals surface area contributed by atoms with Crippen LogP contribution in [-0.2, 0) is 28.4 Å². The summed E-state index contributed by atoms with van der Waals surface area (Å²) < 4.78 is 27.8. The van der Waals surface area contributed by atoms with Crippen LogP contribution in [0.5, 0.6) is 0 Å². The van der Waals surface area contributed by atoms with E-state index in [0.717, 1.165) is 15.3 Å². The Balaban J connectivity index is 1.64. The van der Waals surface area contributed by atoms with Crippen molar-refractivity contribution in [2.45, 2.75) is 11.4 Å². The number of carbonyl (C=O) groups excluding carboxylic acids is 1. The maximum atomic E-state index is 12.4. The molecular weight excluding hydrogens is 352 g/mol. The highest BCUT2D eigenvalue weighted by Crippen LogP contribution is 2.15. The lowest BCUT2D eigenvalue weighted by molar-refractivity contribution is -0.121. The minimum absolute atomic E-state index is 0.158. The molecule has 0 saturated heterocycles. The molecule has 0 saturated carbocycles. The summed E-state index contributed by atoms with van der Waals surface area (Å²) in [5.74, 6) is 0.312. The van der Waals surface area contributed by atoms with Gasteiger partial charge in [-0.3, -0.25) is 4.79 Å². The first-order valence-corrected chi connectivity index (χ1v) is 9.52. The van der Waals surface area contributed by atoms with Gasteiger partial charge in [0.15, 0.2) is 0 Å². The predicted octanol–water partition coefficient (Wildman–Crippen LogP) is 1.51. The summed E-state index contributed by atoms with van der Waals surface area (Å²) in [6.45, 7) is -0.0373. The van der Waals surface area contributed by atoms with E-state index in [0.29, 0.717) is 5.82 Å². The van der Waals surface area contributed by atoms with Crippen molar-refractivity contribution in [2.75, 3.05) is 13.6 Å². The quantitative estimate of drug-likeness (QED) is 0.711. The average Bonchev–Trinajstić information content (AvgIpc) is 2.97. The highest BCUT2D eigenvalue weighted by molar-refractivity contribution is 7.89. The monoisotopic (exact) mass is 372 g/mol. The minimum atomic E-state index is -3.69. The maximum Gasteiger partial charge on any atom is 0.243 e. The number of fused-ring (bicyclic) bond motifs is 1. The fourth-order valence-electron chi connectivity index (χ4n) is 2.65. The number of aromatic nitrogens is 2. The third kappa shape index (κ3) is 3.61. The number of likely N-dealkylation sites (N-methyl/N-ethyl adjacent to an activating group) is 1. The number of nitrogens with zero attached hydrogens (tertiary/aromatic N) is 3. The molecule has 0 aliphatic rings. The molecule has 0 atom stereocenters. The third-order valence-electron chi connectivity index (χ3n) is 4.14. The molecule has 2 aromatic carbocycles. The topological polar surface area (TPSA) is 84.3 Å². The molecule has 0 bridgehead atoms. The second-order valence-electron chi connectivity index (χ2n) is 5.93. The van der Waals surface area contributed by atoms with Crippen LogP contribution in [0.3, 0.4) is 0 Å². The molecule has 0 fully saturated rings. The van der Waals surface area contributed by atoms with Gasteiger partial charge < -0.3 is 9.88 Å². The molecule has 0 radical (unpaired) electrons. The van der Waals surface area contributed by atoms with Gasteiger partial charge in [0.05, 0.1) is 29.0 Å². The SMILES string of the molecule is CN(CC(=O)NCc1nc2ccccc2n1C)S(=O)(=O)c1ccccc1. The Bertz CT molecular complexity index is 1030. The number of aryl methyl sites for hydroxylation is 1. The Morgan fingerprint density at radius 2 is 1.77 bits per heavy atom. The van der Waals surface area contributed by atoms with Gasteiger partial charge in [0.1, 0.15) is 5.82 Å². The second kappa shape index (κ2) is 7.27. The molecule has 1 amide bonds. The number of carbonyl (C=O) groups is 1. The lowest BCUT2D eigenvalue weighted by Crippen LogP contribution is -2.38. The van der Waals surface area contributed by atoms with E-state index in [-0.39, 0.29) is 23.9 Å². The number of para-hydroxylation sites is 2. The third-order valence-corrected chi connectivity index (χ3v) is 5.96. The van der Waals surface area contributed by atoms with E-state index in [2.05, 4.69) is 10.3 Å². The number of benzene rings is 2. The second-order valence-corrected chi connectivity index (χ2v) is 7.97. The van der Waals surface area contributed by atoms with Crippen molar-refractivity contribution < 1.29 is 13.2 Å². The van der Waals surface area contributed by atoms with Gasteiger partial charge in [-0.05, 0) is 24.3 Å². The Hall–Kier alpha value is -2.71. The molecule has 3 aromatic rings. The molecule has 1 N–H and O–H groups in total. The van der Waals surface area contributed by atoms with E-state index < -0.39 is 10.0 Å². The minimum Gasteiger partial charge on any atom is -0.348 e. The van der Waals surface area contributed by atoms with E-state index in [1.54, 1.807) is 18.2 Å². The Morgan fingerprint density at radius 1 is 1.12 bits per heavy atom. The van der Waals surface area contributed by atoms with E-state index in [1.807, 2.05) is 35.9 Å². The van der Waals surface area contributed by atoms with Crippen LogP contribution in [0.2, 0.25) is 0 Å². The number of rotatable bonds is 6.